The molecule has 5 fully saturated rings. The van der Waals surface area contributed by atoms with E-state index in [1.165, 1.54) is 91.6 Å². The number of carbonyl (C=O) groups excluding carboxylic acids is 5. The molecule has 0 radical (unpaired) electrons. The zero-order chi connectivity index (χ0) is 95.6. The van der Waals surface area contributed by atoms with E-state index in [2.05, 4.69) is 46.0 Å². The average molecular weight is 1880 g/mol. The highest BCUT2D eigenvalue weighted by atomic mass is 35.5. The number of fused-ring (bicyclic) bond motifs is 5. The van der Waals surface area contributed by atoms with E-state index in [4.69, 9.17) is 22.1 Å². The van der Waals surface area contributed by atoms with Gasteiger partial charge in [0.25, 0.3) is 35.5 Å². The molecular formula is C94H89ClF18N10O7S. The molecule has 4 bridgehead atoms. The molecule has 5 atom stereocenters. The summed E-state index contributed by atoms with van der Waals surface area (Å²) >= 11 is 6.99. The van der Waals surface area contributed by atoms with Crippen molar-refractivity contribution in [2.45, 2.75) is 170 Å². The third kappa shape index (κ3) is 21.9. The third-order valence-electron chi connectivity index (χ3n) is 23.9. The van der Waals surface area contributed by atoms with Crippen molar-refractivity contribution >= 4 is 75.2 Å². The van der Waals surface area contributed by atoms with Crippen molar-refractivity contribution in [2.75, 3.05) is 54.6 Å². The van der Waals surface area contributed by atoms with Gasteiger partial charge in [-0.15, -0.1) is 11.3 Å². The van der Waals surface area contributed by atoms with E-state index in [-0.39, 0.29) is 126 Å². The fraction of sp³-hybridized carbons (Fsp3) is 0.340. The second-order valence-electron chi connectivity index (χ2n) is 32.9. The Labute approximate surface area is 750 Å². The number of hydrogen-bond donors (Lipinski definition) is 6. The quantitative estimate of drug-likeness (QED) is 0.0371. The molecule has 5 saturated heterocycles. The van der Waals surface area contributed by atoms with Crippen molar-refractivity contribution in [3.8, 4) is 0 Å². The number of piperidine rings is 3. The summed E-state index contributed by atoms with van der Waals surface area (Å²) in [5.74, 6) is -30.1. The first-order chi connectivity index (χ1) is 61.5. The highest BCUT2D eigenvalue weighted by molar-refractivity contribution is 7.11. The number of thiazole rings is 1. The topological polar surface area (TPSA) is 215 Å². The summed E-state index contributed by atoms with van der Waals surface area (Å²) in [6.45, 7) is 16.2. The summed E-state index contributed by atoms with van der Waals surface area (Å²) in [6.07, 6.45) is 3.53. The van der Waals surface area contributed by atoms with Crippen LogP contribution in [0.5, 0.6) is 0 Å². The van der Waals surface area contributed by atoms with E-state index >= 15 is 35.1 Å². The van der Waals surface area contributed by atoms with Crippen molar-refractivity contribution in [3.63, 3.8) is 0 Å². The molecule has 1 aromatic heterocycles. The Balaban J connectivity index is 0.000000158. The number of anilines is 4. The van der Waals surface area contributed by atoms with Crippen LogP contribution < -0.4 is 27.0 Å². The lowest BCUT2D eigenvalue weighted by molar-refractivity contribution is -0.160. The van der Waals surface area contributed by atoms with Gasteiger partial charge in [-0.05, 0) is 241 Å². The number of likely N-dealkylation sites (tertiary alicyclic amines) is 1. The first-order valence-electron chi connectivity index (χ1n) is 41.2. The van der Waals surface area contributed by atoms with Gasteiger partial charge < -0.3 is 56.4 Å². The molecule has 6 aliphatic rings. The SMILES string of the molecule is C=C(N1C2CCC1CC(O)(CN)C2)C(F)(F)c1cc(C(=O)Nc2ccc(F)c(C)c2)ccc1F.C=C(N1CCC(F)(F)CC1)C(F)(F)c1cc(C(=O)Nc2ccc(F)c(C)c2)ccc1F.C=C(N1[C@@H]2CC[C@H]1CC(OC)C2)C(F)(F)c1cc(C(=O)Nc2ccc(F)c(C)c2)ccc1F.Cc1nc2c(s1)CN(C(=O)C(F)(F)c1cc(C(=O)Nc3ccc(F)c(Cl)c3)ccc1F)CC2. The highest BCUT2D eigenvalue weighted by Crippen LogP contribution is 2.51. The number of rotatable bonds is 21. The van der Waals surface area contributed by atoms with Crippen molar-refractivity contribution in [1.29, 1.82) is 0 Å². The highest BCUT2D eigenvalue weighted by Gasteiger charge is 2.55. The predicted molar refractivity (Wildman–Crippen MR) is 458 cm³/mol. The van der Waals surface area contributed by atoms with Crippen LogP contribution in [0.3, 0.4) is 0 Å². The van der Waals surface area contributed by atoms with Gasteiger partial charge in [-0.2, -0.15) is 35.1 Å². The van der Waals surface area contributed by atoms with Crippen molar-refractivity contribution in [1.82, 2.24) is 24.6 Å². The molecule has 37 heteroatoms. The Kier molecular flexibility index (Phi) is 29.5. The monoisotopic (exact) mass is 1880 g/mol. The molecule has 696 valence electrons. The lowest BCUT2D eigenvalue weighted by Gasteiger charge is -2.46. The standard InChI is InChI=1S/C25H27F4N3O2.C25H26F4N2O2.C22H16ClF4N3O2S.C22H20F6N2O/c1-14-9-17(4-8-21(14)26)31-23(33)16-3-7-22(27)20(10-16)25(28,29)15(2)32-18-5-6-19(32)12-24(34,11-18)13-30;1-14-10-17(5-9-22(14)26)30-24(32)16-4-8-23(27)21(11-16)25(28,29)15(2)31-18-6-7-19(31)13-20(12-18)33-3;1-11-28-18-6-7-30(10-19(18)33-11)21(32)22(26,27)14-8-12(2-4-16(14)24)20(31)29-13-3-5-17(25)15(23)9-13;1-13-11-16(4-6-18(13)23)29-20(31)15-3-5-19(24)17(12-15)22(27,28)14(2)30-9-7-21(25,26)8-10-30/h3-4,7-10,18-19,34H,2,5-6,11-13,30H2,1H3,(H,31,33);4-5,8-11,18-20H,2,6-7,12-13H2,1,3H3,(H,30,32);2-5,8-9H,6-7,10H2,1H3,(H,29,31);3-6,11-12H,2,7-10H2,1H3,(H,29,31)/t;18-,19+,20?;;. The number of aliphatic hydroxyl groups is 1. The Hall–Kier alpha value is -11.7. The van der Waals surface area contributed by atoms with E-state index in [1.54, 1.807) is 18.9 Å². The summed E-state index contributed by atoms with van der Waals surface area (Å²) in [7, 11) is 1.61. The molecule has 6 aliphatic heterocycles. The second kappa shape index (κ2) is 39.4. The van der Waals surface area contributed by atoms with Gasteiger partial charge in [0.05, 0.1) is 73.3 Å². The third-order valence-corrected chi connectivity index (χ3v) is 25.2. The van der Waals surface area contributed by atoms with E-state index in [1.807, 2.05) is 0 Å². The number of allylic oxidation sites excluding steroid dienone is 3. The molecule has 17 nitrogen and oxygen atoms in total. The number of halogens is 19. The van der Waals surface area contributed by atoms with E-state index in [0.717, 1.165) is 111 Å². The van der Waals surface area contributed by atoms with Gasteiger partial charge in [0.15, 0.2) is 0 Å². The van der Waals surface area contributed by atoms with Crippen LogP contribution in [0, 0.1) is 74.2 Å². The first-order valence-corrected chi connectivity index (χ1v) is 42.4. The molecule has 5 amide bonds. The van der Waals surface area contributed by atoms with Gasteiger partial charge in [-0.1, -0.05) is 31.3 Å². The molecule has 131 heavy (non-hydrogen) atoms. The molecule has 3 unspecified atom stereocenters. The number of nitrogens with one attached hydrogen (secondary N) is 4. The number of methoxy groups -OCH3 is 1. The Morgan fingerprint density at radius 2 is 0.817 bits per heavy atom. The summed E-state index contributed by atoms with van der Waals surface area (Å²) < 4.78 is 266. The van der Waals surface area contributed by atoms with Gasteiger partial charge >= 0.3 is 23.7 Å². The molecule has 0 aliphatic carbocycles. The summed E-state index contributed by atoms with van der Waals surface area (Å²) in [5.41, 5.74) is 0.312. The van der Waals surface area contributed by atoms with Crippen LogP contribution >= 0.6 is 22.9 Å². The zero-order valence-corrected chi connectivity index (χ0v) is 72.6. The van der Waals surface area contributed by atoms with Gasteiger partial charge in [0.2, 0.25) is 0 Å². The Morgan fingerprint density at radius 1 is 0.481 bits per heavy atom. The smallest absolute Gasteiger partial charge is 0.352 e. The van der Waals surface area contributed by atoms with Crippen LogP contribution in [-0.4, -0.2) is 134 Å². The molecular weight excluding hydrogens is 1790 g/mol. The van der Waals surface area contributed by atoms with Gasteiger partial charge in [-0.3, -0.25) is 24.0 Å². The lowest BCUT2D eigenvalue weighted by atomic mass is 9.85. The largest absolute Gasteiger partial charge is 0.388 e. The molecule has 0 saturated carbocycles. The zero-order valence-electron chi connectivity index (χ0n) is 71.0. The molecule has 9 aromatic rings. The summed E-state index contributed by atoms with van der Waals surface area (Å²) in [4.78, 5) is 73.0. The first kappa shape index (κ1) is 98.3. The normalized spacial score (nSPS) is 19.2. The van der Waals surface area contributed by atoms with Crippen LogP contribution in [0.15, 0.2) is 182 Å². The maximum Gasteiger partial charge on any atom is 0.352 e. The fourth-order valence-corrected chi connectivity index (χ4v) is 18.0. The minimum absolute atomic E-state index is 0.0130. The number of hydrogen-bond acceptors (Lipinski definition) is 13. The number of ether oxygens (including phenoxy) is 1. The predicted octanol–water partition coefficient (Wildman–Crippen LogP) is 21.4. The van der Waals surface area contributed by atoms with Gasteiger partial charge in [-0.25, -0.2) is 48.9 Å². The number of nitrogens with zero attached hydrogens (tertiary/aromatic N) is 5. The van der Waals surface area contributed by atoms with Crippen LogP contribution in [0.2, 0.25) is 5.02 Å². The van der Waals surface area contributed by atoms with E-state index in [0.29, 0.717) is 67.1 Å². The van der Waals surface area contributed by atoms with Crippen molar-refractivity contribution in [2.24, 2.45) is 5.73 Å². The molecule has 7 heterocycles. The second-order valence-corrected chi connectivity index (χ2v) is 34.6. The minimum atomic E-state index is -4.20. The van der Waals surface area contributed by atoms with Crippen LogP contribution in [0.1, 0.15) is 160 Å². The van der Waals surface area contributed by atoms with Crippen LogP contribution in [0.4, 0.5) is 102 Å². The number of alkyl halides is 10. The average Bonchev–Trinajstić information content (AvgIpc) is 1.56. The number of benzene rings is 8. The Bertz CT molecular complexity index is 5880. The molecule has 7 N–H and O–H groups in total. The van der Waals surface area contributed by atoms with Crippen molar-refractivity contribution < 1.29 is 113 Å². The number of carbonyl (C=O) groups is 5. The number of amides is 5. The van der Waals surface area contributed by atoms with Crippen molar-refractivity contribution in [3.05, 3.63) is 311 Å². The van der Waals surface area contributed by atoms with Crippen LogP contribution in [-0.2, 0) is 46.2 Å². The summed E-state index contributed by atoms with van der Waals surface area (Å²) in [6, 6.07) is 24.5. The molecule has 15 rings (SSSR count). The number of aromatic nitrogens is 1. The molecule has 8 aromatic carbocycles. The maximum atomic E-state index is 15.6. The van der Waals surface area contributed by atoms with Crippen LogP contribution in [0.25, 0.3) is 0 Å². The van der Waals surface area contributed by atoms with E-state index < -0.39 is 163 Å². The summed E-state index contributed by atoms with van der Waals surface area (Å²) in [5, 5.41) is 21.0. The van der Waals surface area contributed by atoms with E-state index in [9.17, 15) is 73.0 Å². The number of nitrogens with two attached hydrogens (primary N) is 1. The lowest BCUT2D eigenvalue weighted by Crippen LogP contribution is -2.55. The Morgan fingerprint density at radius 3 is 1.18 bits per heavy atom. The molecule has 0 spiro atoms. The number of aryl methyl sites for hydroxylation is 4. The van der Waals surface area contributed by atoms with Gasteiger partial charge in [0.1, 0.15) is 46.5 Å². The minimum Gasteiger partial charge on any atom is -0.388 e. The van der Waals surface area contributed by atoms with Gasteiger partial charge in [0, 0.05) is 127 Å². The fourth-order valence-electron chi connectivity index (χ4n) is 16.8. The maximum absolute atomic E-state index is 15.6.